The van der Waals surface area contributed by atoms with E-state index in [1.807, 2.05) is 72.9 Å². The van der Waals surface area contributed by atoms with Crippen molar-refractivity contribution < 1.29 is 0 Å². The van der Waals surface area contributed by atoms with Crippen LogP contribution in [0.1, 0.15) is 22.9 Å². The van der Waals surface area contributed by atoms with E-state index in [1.54, 1.807) is 0 Å². The van der Waals surface area contributed by atoms with E-state index in [1.165, 1.54) is 21.5 Å². The molecular weight excluding hydrogens is 611 g/mol. The van der Waals surface area contributed by atoms with Crippen LogP contribution in [0.25, 0.3) is 60.4 Å². The number of aliphatic imine (C=N–C) groups is 2. The van der Waals surface area contributed by atoms with Gasteiger partial charge in [-0.05, 0) is 64.7 Å². The van der Waals surface area contributed by atoms with Crippen LogP contribution in [0.3, 0.4) is 0 Å². The average Bonchev–Trinajstić information content (AvgIpc) is 3.71. The second-order valence-electron chi connectivity index (χ2n) is 12.5. The predicted octanol–water partition coefficient (Wildman–Crippen LogP) is 10.6. The van der Waals surface area contributed by atoms with Crippen LogP contribution in [-0.2, 0) is 0 Å². The van der Waals surface area contributed by atoms with Crippen molar-refractivity contribution in [1.82, 2.24) is 9.55 Å². The Hall–Kier alpha value is -6.56. The van der Waals surface area contributed by atoms with E-state index in [0.717, 1.165) is 55.6 Å². The number of nitrogens with one attached hydrogen (secondary N) is 1. The maximum Gasteiger partial charge on any atom is 0.156 e. The third-order valence-corrected chi connectivity index (χ3v) is 9.37. The molecule has 9 aromatic rings. The molecule has 0 radical (unpaired) electrons. The van der Waals surface area contributed by atoms with Crippen molar-refractivity contribution in [2.45, 2.75) is 6.17 Å². The van der Waals surface area contributed by atoms with Crippen LogP contribution >= 0.6 is 0 Å². The number of hydrogen-bond acceptors (Lipinski definition) is 2. The molecule has 50 heavy (non-hydrogen) atoms. The highest BCUT2D eigenvalue weighted by Gasteiger charge is 2.18. The Morgan fingerprint density at radius 2 is 1.24 bits per heavy atom. The number of benzene rings is 7. The number of rotatable bonds is 6. The molecule has 0 saturated heterocycles. The molecule has 0 amide bonds. The van der Waals surface area contributed by atoms with E-state index >= 15 is 0 Å². The number of para-hydroxylation sites is 2. The van der Waals surface area contributed by atoms with Crippen LogP contribution in [0.5, 0.6) is 0 Å². The quantitative estimate of drug-likeness (QED) is 0.137. The first kappa shape index (κ1) is 29.6. The summed E-state index contributed by atoms with van der Waals surface area (Å²) in [7, 11) is 0. The summed E-state index contributed by atoms with van der Waals surface area (Å²) in [6.07, 6.45) is 1.17. The van der Waals surface area contributed by atoms with Gasteiger partial charge in [0, 0.05) is 50.0 Å². The molecule has 5 heteroatoms. The molecule has 0 aliphatic rings. The van der Waals surface area contributed by atoms with Crippen molar-refractivity contribution in [3.05, 3.63) is 187 Å². The Kier molecular flexibility index (Phi) is 7.38. The Morgan fingerprint density at radius 3 is 2.04 bits per heavy atom. The van der Waals surface area contributed by atoms with Crippen molar-refractivity contribution in [1.29, 1.82) is 0 Å². The molecule has 0 saturated carbocycles. The average molecular weight is 644 g/mol. The van der Waals surface area contributed by atoms with Crippen molar-refractivity contribution in [2.24, 2.45) is 15.7 Å². The summed E-state index contributed by atoms with van der Waals surface area (Å²) in [5.41, 5.74) is 17.5. The van der Waals surface area contributed by atoms with Crippen molar-refractivity contribution >= 4 is 55.7 Å². The lowest BCUT2D eigenvalue weighted by atomic mass is 10.0. The molecule has 1 atom stereocenters. The maximum atomic E-state index is 7.04. The smallest absolute Gasteiger partial charge is 0.156 e. The normalized spacial score (nSPS) is 12.9. The van der Waals surface area contributed by atoms with E-state index in [4.69, 9.17) is 15.7 Å². The fraction of sp³-hybridized carbons (Fsp3) is 0.0222. The van der Waals surface area contributed by atoms with Crippen molar-refractivity contribution in [3.63, 3.8) is 0 Å². The minimum absolute atomic E-state index is 0.576. The molecule has 0 spiro atoms. The minimum atomic E-state index is -0.672. The molecule has 1 unspecified atom stereocenters. The van der Waals surface area contributed by atoms with Gasteiger partial charge in [-0.1, -0.05) is 127 Å². The number of nitrogens with zero attached hydrogens (tertiary/aromatic N) is 3. The number of aromatic nitrogens is 2. The van der Waals surface area contributed by atoms with Gasteiger partial charge < -0.3 is 15.3 Å². The topological polar surface area (TPSA) is 71.5 Å². The summed E-state index contributed by atoms with van der Waals surface area (Å²) in [6, 6.07) is 58.8. The fourth-order valence-corrected chi connectivity index (χ4v) is 6.97. The van der Waals surface area contributed by atoms with Crippen LogP contribution in [0, 0.1) is 0 Å². The molecule has 0 bridgehead atoms. The fourth-order valence-electron chi connectivity index (χ4n) is 6.97. The van der Waals surface area contributed by atoms with Gasteiger partial charge in [0.2, 0.25) is 0 Å². The summed E-state index contributed by atoms with van der Waals surface area (Å²) < 4.78 is 2.35. The van der Waals surface area contributed by atoms with E-state index in [2.05, 4.69) is 113 Å². The Labute approximate surface area is 289 Å². The Balaban J connectivity index is 1.25. The molecule has 0 aliphatic carbocycles. The monoisotopic (exact) mass is 643 g/mol. The second kappa shape index (κ2) is 12.5. The molecule has 2 heterocycles. The van der Waals surface area contributed by atoms with Gasteiger partial charge in [-0.15, -0.1) is 0 Å². The zero-order valence-corrected chi connectivity index (χ0v) is 27.2. The number of amidine groups is 1. The lowest BCUT2D eigenvalue weighted by Crippen LogP contribution is -2.12. The summed E-state index contributed by atoms with van der Waals surface area (Å²) >= 11 is 0. The molecule has 5 nitrogen and oxygen atoms in total. The van der Waals surface area contributed by atoms with Gasteiger partial charge in [-0.3, -0.25) is 0 Å². The Morgan fingerprint density at radius 1 is 0.560 bits per heavy atom. The largest absolute Gasteiger partial charge is 0.354 e. The van der Waals surface area contributed by atoms with Crippen molar-refractivity contribution in [3.8, 4) is 16.8 Å². The Bertz CT molecular complexity index is 2700. The van der Waals surface area contributed by atoms with E-state index in [9.17, 15) is 0 Å². The maximum absolute atomic E-state index is 7.04. The first-order valence-corrected chi connectivity index (χ1v) is 16.8. The summed E-state index contributed by atoms with van der Waals surface area (Å²) in [5.74, 6) is 0.576. The van der Waals surface area contributed by atoms with Gasteiger partial charge in [-0.2, -0.15) is 0 Å². The molecule has 9 rings (SSSR count). The van der Waals surface area contributed by atoms with Crippen LogP contribution < -0.4 is 5.73 Å². The van der Waals surface area contributed by atoms with E-state index in [0.29, 0.717) is 5.84 Å². The minimum Gasteiger partial charge on any atom is -0.354 e. The zero-order chi connectivity index (χ0) is 33.4. The highest BCUT2D eigenvalue weighted by Crippen LogP contribution is 2.38. The number of aromatic amines is 1. The molecule has 7 aromatic carbocycles. The molecule has 0 aliphatic heterocycles. The SMILES string of the molecule is NC(N=C(N=Cc1ccccc1)c1ccccc1)c1cc(-c2ccccc2)cc(-n2c3ccccc3c3cc4c(cc32)[nH]c2ccccc24)c1. The van der Waals surface area contributed by atoms with Crippen LogP contribution in [-0.4, -0.2) is 21.6 Å². The van der Waals surface area contributed by atoms with Gasteiger partial charge in [0.05, 0.1) is 11.0 Å². The number of H-pyrrole nitrogens is 1. The van der Waals surface area contributed by atoms with Crippen LogP contribution in [0.2, 0.25) is 0 Å². The van der Waals surface area contributed by atoms with Gasteiger partial charge in [0.15, 0.2) is 5.84 Å². The molecule has 238 valence electrons. The van der Waals surface area contributed by atoms with Gasteiger partial charge in [0.25, 0.3) is 0 Å². The van der Waals surface area contributed by atoms with Crippen LogP contribution in [0.15, 0.2) is 180 Å². The number of fused-ring (bicyclic) bond motifs is 6. The molecule has 2 aromatic heterocycles. The number of hydrogen-bond donors (Lipinski definition) is 2. The molecule has 3 N–H and O–H groups in total. The number of nitrogens with two attached hydrogens (primary N) is 1. The first-order valence-electron chi connectivity index (χ1n) is 16.8. The highest BCUT2D eigenvalue weighted by atomic mass is 15.0. The van der Waals surface area contributed by atoms with Crippen LogP contribution in [0.4, 0.5) is 0 Å². The summed E-state index contributed by atoms with van der Waals surface area (Å²) in [4.78, 5) is 13.6. The van der Waals surface area contributed by atoms with E-state index in [-0.39, 0.29) is 0 Å². The van der Waals surface area contributed by atoms with E-state index < -0.39 is 6.17 Å². The van der Waals surface area contributed by atoms with Gasteiger partial charge in [0.1, 0.15) is 6.17 Å². The summed E-state index contributed by atoms with van der Waals surface area (Å²) in [5, 5.41) is 4.84. The zero-order valence-electron chi connectivity index (χ0n) is 27.2. The highest BCUT2D eigenvalue weighted by molar-refractivity contribution is 6.18. The molecule has 0 fully saturated rings. The predicted molar refractivity (Wildman–Crippen MR) is 210 cm³/mol. The third kappa shape index (κ3) is 5.36. The summed E-state index contributed by atoms with van der Waals surface area (Å²) in [6.45, 7) is 0. The third-order valence-electron chi connectivity index (χ3n) is 9.37. The lowest BCUT2D eigenvalue weighted by molar-refractivity contribution is 0.774. The molecular formula is C45H33N5. The second-order valence-corrected chi connectivity index (χ2v) is 12.5. The lowest BCUT2D eigenvalue weighted by Gasteiger charge is -2.16. The van der Waals surface area contributed by atoms with Gasteiger partial charge >= 0.3 is 0 Å². The van der Waals surface area contributed by atoms with Gasteiger partial charge in [-0.25, -0.2) is 9.98 Å². The standard InChI is InChI=1S/C45H33N5/c46-44(49-45(32-18-8-3-9-19-32)47-29-30-14-4-1-5-15-30)34-24-33(31-16-6-2-7-17-31)25-35(26-34)50-42-23-13-11-21-37(42)39-27-38-36-20-10-12-22-40(36)48-41(38)28-43(39)50/h1-29,44,48H,46H2. The first-order chi connectivity index (χ1) is 24.7. The van der Waals surface area contributed by atoms with Crippen molar-refractivity contribution in [2.75, 3.05) is 0 Å².